The Morgan fingerprint density at radius 1 is 1.41 bits per heavy atom. The normalized spacial score (nSPS) is 12.8. The molecule has 0 aliphatic rings. The topological polar surface area (TPSA) is 49.9 Å². The summed E-state index contributed by atoms with van der Waals surface area (Å²) in [6.07, 6.45) is 4.48. The summed E-state index contributed by atoms with van der Waals surface area (Å²) in [7, 11) is -1.57. The van der Waals surface area contributed by atoms with Crippen LogP contribution in [-0.2, 0) is 4.43 Å². The number of imidazole rings is 1. The zero-order valence-electron chi connectivity index (χ0n) is 11.6. The van der Waals surface area contributed by atoms with Gasteiger partial charge in [0.2, 0.25) is 0 Å². The molecule has 0 atom stereocenters. The fourth-order valence-electron chi connectivity index (χ4n) is 1.19. The molecule has 17 heavy (non-hydrogen) atoms. The van der Waals surface area contributed by atoms with Crippen LogP contribution < -0.4 is 5.32 Å². The van der Waals surface area contributed by atoms with E-state index in [9.17, 15) is 0 Å². The molecule has 0 aliphatic carbocycles. The Balaban J connectivity index is 2.16. The number of hydrogen-bond acceptors (Lipinski definition) is 3. The molecule has 1 aromatic heterocycles. The lowest BCUT2D eigenvalue weighted by Gasteiger charge is -2.36. The van der Waals surface area contributed by atoms with Crippen LogP contribution in [0, 0.1) is 0 Å². The smallest absolute Gasteiger partial charge is 0.191 e. The SMILES string of the molecule is CC(C)(C)[Si](C)(C)OCCCNc1cnc[nH]1. The Hall–Kier alpha value is -0.813. The van der Waals surface area contributed by atoms with Crippen molar-refractivity contribution < 1.29 is 4.43 Å². The van der Waals surface area contributed by atoms with Crippen LogP contribution in [-0.4, -0.2) is 31.4 Å². The monoisotopic (exact) mass is 255 g/mol. The summed E-state index contributed by atoms with van der Waals surface area (Å²) in [6.45, 7) is 13.1. The summed E-state index contributed by atoms with van der Waals surface area (Å²) < 4.78 is 6.09. The van der Waals surface area contributed by atoms with Gasteiger partial charge >= 0.3 is 0 Å². The maximum Gasteiger partial charge on any atom is 0.191 e. The molecular weight excluding hydrogens is 230 g/mol. The van der Waals surface area contributed by atoms with Crippen LogP contribution in [0.15, 0.2) is 12.5 Å². The second-order valence-corrected chi connectivity index (χ2v) is 10.7. The molecule has 4 nitrogen and oxygen atoms in total. The van der Waals surface area contributed by atoms with Crippen LogP contribution in [0.2, 0.25) is 18.1 Å². The summed E-state index contributed by atoms with van der Waals surface area (Å²) in [5.74, 6) is 0.970. The van der Waals surface area contributed by atoms with Crippen molar-refractivity contribution in [2.45, 2.75) is 45.3 Å². The van der Waals surface area contributed by atoms with E-state index in [1.54, 1.807) is 12.5 Å². The van der Waals surface area contributed by atoms with Crippen LogP contribution in [0.4, 0.5) is 5.82 Å². The second-order valence-electron chi connectivity index (χ2n) is 5.85. The highest BCUT2D eigenvalue weighted by atomic mass is 28.4. The highest BCUT2D eigenvalue weighted by Crippen LogP contribution is 2.36. The van der Waals surface area contributed by atoms with E-state index in [1.807, 2.05) is 0 Å². The lowest BCUT2D eigenvalue weighted by Crippen LogP contribution is -2.41. The lowest BCUT2D eigenvalue weighted by atomic mass is 10.2. The molecule has 2 N–H and O–H groups in total. The number of nitrogens with one attached hydrogen (secondary N) is 2. The lowest BCUT2D eigenvalue weighted by molar-refractivity contribution is 0.286. The van der Waals surface area contributed by atoms with Crippen LogP contribution in [0.5, 0.6) is 0 Å². The van der Waals surface area contributed by atoms with Crippen LogP contribution in [0.3, 0.4) is 0 Å². The average Bonchev–Trinajstić information content (AvgIpc) is 2.68. The van der Waals surface area contributed by atoms with Gasteiger partial charge in [-0.2, -0.15) is 0 Å². The van der Waals surface area contributed by atoms with Gasteiger partial charge in [-0.05, 0) is 24.6 Å². The number of aromatic nitrogens is 2. The fourth-order valence-corrected chi connectivity index (χ4v) is 2.28. The third kappa shape index (κ3) is 4.51. The molecule has 0 amide bonds. The molecule has 0 saturated carbocycles. The van der Waals surface area contributed by atoms with E-state index in [0.717, 1.165) is 25.4 Å². The Bertz CT molecular complexity index is 317. The first-order chi connectivity index (χ1) is 7.83. The van der Waals surface area contributed by atoms with Gasteiger partial charge in [-0.3, -0.25) is 0 Å². The summed E-state index contributed by atoms with van der Waals surface area (Å²) in [5, 5.41) is 3.56. The molecule has 0 aliphatic heterocycles. The first-order valence-corrected chi connectivity index (χ1v) is 9.10. The summed E-state index contributed by atoms with van der Waals surface area (Å²) >= 11 is 0. The van der Waals surface area contributed by atoms with Crippen LogP contribution in [0.25, 0.3) is 0 Å². The van der Waals surface area contributed by atoms with Gasteiger partial charge in [0.05, 0.1) is 12.5 Å². The Morgan fingerprint density at radius 2 is 2.12 bits per heavy atom. The molecule has 5 heteroatoms. The Labute approximate surface area is 105 Å². The minimum atomic E-state index is -1.57. The van der Waals surface area contributed by atoms with Gasteiger partial charge in [0.25, 0.3) is 0 Å². The van der Waals surface area contributed by atoms with Crippen molar-refractivity contribution in [3.05, 3.63) is 12.5 Å². The largest absolute Gasteiger partial charge is 0.417 e. The van der Waals surface area contributed by atoms with E-state index < -0.39 is 8.32 Å². The van der Waals surface area contributed by atoms with Gasteiger partial charge in [-0.15, -0.1) is 0 Å². The third-order valence-corrected chi connectivity index (χ3v) is 7.94. The minimum absolute atomic E-state index is 0.295. The zero-order valence-corrected chi connectivity index (χ0v) is 12.6. The average molecular weight is 255 g/mol. The fraction of sp³-hybridized carbons (Fsp3) is 0.750. The van der Waals surface area contributed by atoms with Gasteiger partial charge in [-0.25, -0.2) is 4.98 Å². The molecule has 1 aromatic rings. The molecule has 98 valence electrons. The predicted octanol–water partition coefficient (Wildman–Crippen LogP) is 3.23. The van der Waals surface area contributed by atoms with E-state index in [0.29, 0.717) is 5.04 Å². The number of aromatic amines is 1. The molecule has 0 unspecified atom stereocenters. The highest BCUT2D eigenvalue weighted by molar-refractivity contribution is 6.74. The van der Waals surface area contributed by atoms with E-state index in [4.69, 9.17) is 4.43 Å². The third-order valence-electron chi connectivity index (χ3n) is 3.40. The van der Waals surface area contributed by atoms with Crippen molar-refractivity contribution >= 4 is 14.1 Å². The van der Waals surface area contributed by atoms with Gasteiger partial charge in [0, 0.05) is 13.2 Å². The quantitative estimate of drug-likeness (QED) is 0.606. The highest BCUT2D eigenvalue weighted by Gasteiger charge is 2.36. The van der Waals surface area contributed by atoms with E-state index in [-0.39, 0.29) is 0 Å². The summed E-state index contributed by atoms with van der Waals surface area (Å²) in [6, 6.07) is 0. The number of anilines is 1. The van der Waals surface area contributed by atoms with Gasteiger partial charge in [0.15, 0.2) is 8.32 Å². The second kappa shape index (κ2) is 5.69. The minimum Gasteiger partial charge on any atom is -0.417 e. The summed E-state index contributed by atoms with van der Waals surface area (Å²) in [5.41, 5.74) is 0. The number of hydrogen-bond donors (Lipinski definition) is 2. The molecule has 0 fully saturated rings. The Kier molecular flexibility index (Phi) is 4.77. The Morgan fingerprint density at radius 3 is 2.65 bits per heavy atom. The molecule has 0 aromatic carbocycles. The maximum atomic E-state index is 6.09. The van der Waals surface area contributed by atoms with Gasteiger partial charge < -0.3 is 14.7 Å². The number of H-pyrrole nitrogens is 1. The van der Waals surface area contributed by atoms with Crippen molar-refractivity contribution in [3.8, 4) is 0 Å². The maximum absolute atomic E-state index is 6.09. The van der Waals surface area contributed by atoms with Crippen molar-refractivity contribution in [2.24, 2.45) is 0 Å². The van der Waals surface area contributed by atoms with E-state index in [1.165, 1.54) is 0 Å². The van der Waals surface area contributed by atoms with Crippen molar-refractivity contribution in [1.29, 1.82) is 0 Å². The van der Waals surface area contributed by atoms with Crippen molar-refractivity contribution in [1.82, 2.24) is 9.97 Å². The van der Waals surface area contributed by atoms with Crippen LogP contribution >= 0.6 is 0 Å². The van der Waals surface area contributed by atoms with Crippen molar-refractivity contribution in [3.63, 3.8) is 0 Å². The van der Waals surface area contributed by atoms with Crippen molar-refractivity contribution in [2.75, 3.05) is 18.5 Å². The number of nitrogens with zero attached hydrogens (tertiary/aromatic N) is 1. The summed E-state index contributed by atoms with van der Waals surface area (Å²) in [4.78, 5) is 6.96. The molecule has 0 saturated heterocycles. The molecule has 0 radical (unpaired) electrons. The van der Waals surface area contributed by atoms with Gasteiger partial charge in [0.1, 0.15) is 5.82 Å². The first-order valence-electron chi connectivity index (χ1n) is 6.19. The zero-order chi connectivity index (χ0) is 12.9. The molecule has 0 spiro atoms. The van der Waals surface area contributed by atoms with E-state index in [2.05, 4.69) is 49.1 Å². The van der Waals surface area contributed by atoms with Crippen LogP contribution in [0.1, 0.15) is 27.2 Å². The molecule has 1 heterocycles. The van der Waals surface area contributed by atoms with Gasteiger partial charge in [-0.1, -0.05) is 20.8 Å². The molecular formula is C12H25N3OSi. The van der Waals surface area contributed by atoms with E-state index >= 15 is 0 Å². The molecule has 1 rings (SSSR count). The standard InChI is InChI=1S/C12H25N3OSi/c1-12(2,3)17(4,5)16-8-6-7-14-11-9-13-10-15-11/h9-10,14H,6-8H2,1-5H3,(H,13,15). The number of rotatable bonds is 6. The predicted molar refractivity (Wildman–Crippen MR) is 74.8 cm³/mol. The molecule has 0 bridgehead atoms. The first kappa shape index (κ1) is 14.2.